The van der Waals surface area contributed by atoms with E-state index in [2.05, 4.69) is 240 Å². The van der Waals surface area contributed by atoms with E-state index in [1.54, 1.807) is 0 Å². The summed E-state index contributed by atoms with van der Waals surface area (Å²) >= 11 is 0. The molecule has 2 aromatic heterocycles. The van der Waals surface area contributed by atoms with Gasteiger partial charge in [-0.1, -0.05) is 164 Å². The summed E-state index contributed by atoms with van der Waals surface area (Å²) in [6.07, 6.45) is 0. The SMILES string of the molecule is c1ccc(-c2cccc(N(c3ccc(-c4ccc(-c5cccc(-n6c7ccccc7c7ccccc76)c5)cc4)cc3)c3cccc(-c4ccc5c(c4)oc4ccccc45)c3)c2)cc1. The third-order valence-corrected chi connectivity index (χ3v) is 12.4. The van der Waals surface area contributed by atoms with Crippen LogP contribution in [0.25, 0.3) is 93.9 Å². The molecule has 10 aromatic carbocycles. The second-order valence-electron chi connectivity index (χ2n) is 16.2. The number of furan rings is 1. The van der Waals surface area contributed by atoms with Crippen molar-refractivity contribution in [2.75, 3.05) is 4.90 Å². The Kier molecular flexibility index (Phi) is 8.83. The highest BCUT2D eigenvalue weighted by Gasteiger charge is 2.17. The van der Waals surface area contributed by atoms with E-state index in [9.17, 15) is 0 Å². The zero-order valence-corrected chi connectivity index (χ0v) is 34.4. The lowest BCUT2D eigenvalue weighted by Gasteiger charge is -2.27. The third-order valence-electron chi connectivity index (χ3n) is 12.4. The van der Waals surface area contributed by atoms with Gasteiger partial charge in [0.05, 0.1) is 11.0 Å². The van der Waals surface area contributed by atoms with Gasteiger partial charge in [-0.2, -0.15) is 0 Å². The quantitative estimate of drug-likeness (QED) is 0.153. The summed E-state index contributed by atoms with van der Waals surface area (Å²) in [4.78, 5) is 2.35. The van der Waals surface area contributed by atoms with E-state index in [4.69, 9.17) is 4.42 Å². The molecule has 63 heavy (non-hydrogen) atoms. The van der Waals surface area contributed by atoms with Gasteiger partial charge in [0, 0.05) is 44.3 Å². The van der Waals surface area contributed by atoms with Gasteiger partial charge >= 0.3 is 0 Å². The number of hydrogen-bond donors (Lipinski definition) is 0. The summed E-state index contributed by atoms with van der Waals surface area (Å²) in [5.74, 6) is 0. The first-order chi connectivity index (χ1) is 31.2. The minimum atomic E-state index is 0.892. The molecule has 296 valence electrons. The maximum absolute atomic E-state index is 6.30. The molecule has 0 amide bonds. The van der Waals surface area contributed by atoms with E-state index in [1.807, 2.05) is 12.1 Å². The molecule has 0 atom stereocenters. The van der Waals surface area contributed by atoms with Crippen LogP contribution in [0.1, 0.15) is 0 Å². The first-order valence-corrected chi connectivity index (χ1v) is 21.5. The Hall–Kier alpha value is -8.40. The molecule has 0 saturated heterocycles. The Morgan fingerprint density at radius 1 is 0.270 bits per heavy atom. The Labute approximate surface area is 366 Å². The number of hydrogen-bond acceptors (Lipinski definition) is 2. The lowest BCUT2D eigenvalue weighted by atomic mass is 9.99. The molecule has 0 saturated carbocycles. The van der Waals surface area contributed by atoms with Gasteiger partial charge in [-0.25, -0.2) is 0 Å². The highest BCUT2D eigenvalue weighted by molar-refractivity contribution is 6.09. The van der Waals surface area contributed by atoms with Gasteiger partial charge in [-0.15, -0.1) is 0 Å². The number of para-hydroxylation sites is 3. The number of aromatic nitrogens is 1. The fourth-order valence-corrected chi connectivity index (χ4v) is 9.32. The molecule has 0 aliphatic heterocycles. The molecule has 3 nitrogen and oxygen atoms in total. The number of fused-ring (bicyclic) bond motifs is 6. The second-order valence-corrected chi connectivity index (χ2v) is 16.2. The highest BCUT2D eigenvalue weighted by Crippen LogP contribution is 2.41. The van der Waals surface area contributed by atoms with Crippen molar-refractivity contribution < 1.29 is 4.42 Å². The number of rotatable bonds is 8. The molecule has 0 bridgehead atoms. The van der Waals surface area contributed by atoms with Crippen molar-refractivity contribution in [1.29, 1.82) is 0 Å². The third kappa shape index (κ3) is 6.55. The molecule has 0 unspecified atom stereocenters. The van der Waals surface area contributed by atoms with Crippen molar-refractivity contribution in [3.05, 3.63) is 243 Å². The van der Waals surface area contributed by atoms with Gasteiger partial charge in [0.25, 0.3) is 0 Å². The van der Waals surface area contributed by atoms with Crippen molar-refractivity contribution in [2.24, 2.45) is 0 Å². The van der Waals surface area contributed by atoms with Crippen molar-refractivity contribution in [3.63, 3.8) is 0 Å². The molecule has 12 rings (SSSR count). The first-order valence-electron chi connectivity index (χ1n) is 21.5. The van der Waals surface area contributed by atoms with Crippen LogP contribution < -0.4 is 4.90 Å². The Balaban J connectivity index is 0.882. The van der Waals surface area contributed by atoms with Crippen LogP contribution in [0.5, 0.6) is 0 Å². The van der Waals surface area contributed by atoms with Crippen LogP contribution in [0.2, 0.25) is 0 Å². The second kappa shape index (κ2) is 15.3. The van der Waals surface area contributed by atoms with Gasteiger partial charge in [0.1, 0.15) is 11.2 Å². The van der Waals surface area contributed by atoms with E-state index in [1.165, 1.54) is 49.6 Å². The van der Waals surface area contributed by atoms with Crippen LogP contribution in [0.3, 0.4) is 0 Å². The molecule has 3 heteroatoms. The summed E-state index contributed by atoms with van der Waals surface area (Å²) < 4.78 is 8.67. The monoisotopic (exact) mass is 804 g/mol. The summed E-state index contributed by atoms with van der Waals surface area (Å²) in [6, 6.07) is 87.1. The minimum Gasteiger partial charge on any atom is -0.456 e. The molecular weight excluding hydrogens is 765 g/mol. The normalized spacial score (nSPS) is 11.5. The number of nitrogens with zero attached hydrogens (tertiary/aromatic N) is 2. The van der Waals surface area contributed by atoms with Crippen molar-refractivity contribution >= 4 is 60.8 Å². The molecule has 0 fully saturated rings. The van der Waals surface area contributed by atoms with Crippen molar-refractivity contribution in [2.45, 2.75) is 0 Å². The van der Waals surface area contributed by atoms with E-state index < -0.39 is 0 Å². The van der Waals surface area contributed by atoms with Gasteiger partial charge in [-0.3, -0.25) is 0 Å². The summed E-state index contributed by atoms with van der Waals surface area (Å²) in [7, 11) is 0. The number of anilines is 3. The van der Waals surface area contributed by atoms with Crippen molar-refractivity contribution in [1.82, 2.24) is 4.57 Å². The van der Waals surface area contributed by atoms with Crippen LogP contribution in [-0.2, 0) is 0 Å². The topological polar surface area (TPSA) is 21.3 Å². The largest absolute Gasteiger partial charge is 0.456 e. The molecule has 0 spiro atoms. The molecule has 2 heterocycles. The molecular formula is C60H40N2O. The number of benzene rings is 10. The first kappa shape index (κ1) is 36.5. The molecule has 0 N–H and O–H groups in total. The van der Waals surface area contributed by atoms with Crippen LogP contribution in [0, 0.1) is 0 Å². The lowest BCUT2D eigenvalue weighted by Crippen LogP contribution is -2.10. The summed E-state index contributed by atoms with van der Waals surface area (Å²) in [6.45, 7) is 0. The maximum Gasteiger partial charge on any atom is 0.136 e. The predicted molar refractivity (Wildman–Crippen MR) is 264 cm³/mol. The van der Waals surface area contributed by atoms with Crippen LogP contribution in [0.15, 0.2) is 247 Å². The zero-order valence-electron chi connectivity index (χ0n) is 34.4. The smallest absolute Gasteiger partial charge is 0.136 e. The minimum absolute atomic E-state index is 0.892. The van der Waals surface area contributed by atoms with Crippen LogP contribution in [-0.4, -0.2) is 4.57 Å². The van der Waals surface area contributed by atoms with Gasteiger partial charge < -0.3 is 13.9 Å². The standard InChI is InChI=1S/C60H40N2O/c1-2-13-41(14-3-1)45-15-10-18-50(37-45)61(51-19-12-17-47(39-51)48-33-36-56-55-23-6-9-26-59(55)63-60(56)40-48)49-34-31-43(32-35-49)42-27-29-44(30-28-42)46-16-11-20-52(38-46)62-57-24-7-4-21-53(57)54-22-5-8-25-58(54)62/h1-40H. The molecule has 12 aromatic rings. The van der Waals surface area contributed by atoms with Crippen LogP contribution in [0.4, 0.5) is 17.1 Å². The average Bonchev–Trinajstić information content (AvgIpc) is 3.90. The van der Waals surface area contributed by atoms with Gasteiger partial charge in [0.15, 0.2) is 0 Å². The van der Waals surface area contributed by atoms with Gasteiger partial charge in [-0.05, 0) is 123 Å². The molecule has 0 aliphatic carbocycles. The zero-order chi connectivity index (χ0) is 41.7. The molecule has 0 aliphatic rings. The van der Waals surface area contributed by atoms with Crippen molar-refractivity contribution in [3.8, 4) is 50.2 Å². The molecule has 0 radical (unpaired) electrons. The lowest BCUT2D eigenvalue weighted by molar-refractivity contribution is 0.669. The summed E-state index contributed by atoms with van der Waals surface area (Å²) in [5, 5.41) is 4.80. The van der Waals surface area contributed by atoms with E-state index in [0.717, 1.165) is 61.4 Å². The Morgan fingerprint density at radius 2 is 0.714 bits per heavy atom. The average molecular weight is 805 g/mol. The maximum atomic E-state index is 6.30. The predicted octanol–water partition coefficient (Wildman–Crippen LogP) is 16.8. The van der Waals surface area contributed by atoms with Gasteiger partial charge in [0.2, 0.25) is 0 Å². The van der Waals surface area contributed by atoms with E-state index >= 15 is 0 Å². The van der Waals surface area contributed by atoms with E-state index in [0.29, 0.717) is 0 Å². The Bertz CT molecular complexity index is 3560. The fourth-order valence-electron chi connectivity index (χ4n) is 9.32. The summed E-state index contributed by atoms with van der Waals surface area (Å²) in [5.41, 5.74) is 17.9. The fraction of sp³-hybridized carbons (Fsp3) is 0. The highest BCUT2D eigenvalue weighted by atomic mass is 16.3. The van der Waals surface area contributed by atoms with E-state index in [-0.39, 0.29) is 0 Å². The Morgan fingerprint density at radius 3 is 1.38 bits per heavy atom. The van der Waals surface area contributed by atoms with Crippen LogP contribution >= 0.6 is 0 Å².